The third kappa shape index (κ3) is 9.00. The fourth-order valence-corrected chi connectivity index (χ4v) is 5.04. The van der Waals surface area contributed by atoms with Crippen molar-refractivity contribution in [3.63, 3.8) is 0 Å². The number of fused-ring (bicyclic) bond motifs is 1. The first-order valence-corrected chi connectivity index (χ1v) is 14.6. The van der Waals surface area contributed by atoms with Gasteiger partial charge in [-0.05, 0) is 60.6 Å². The quantitative estimate of drug-likeness (QED) is 0.244. The lowest BCUT2D eigenvalue weighted by Gasteiger charge is -2.32. The van der Waals surface area contributed by atoms with E-state index in [2.05, 4.69) is 31.4 Å². The average Bonchev–Trinajstić information content (AvgIpc) is 3.25. The molecular formula is C32H43FN6O6. The SMILES string of the molecule is COCCC(CCC=CC(=O)N(C)C)(NC(=O)O)C(=O)Nc1cccn(Cc2nc3c(CC(C)(C)C)cc(F)cc3n2C)c1=O. The molecule has 0 saturated heterocycles. The van der Waals surface area contributed by atoms with E-state index in [1.54, 1.807) is 44.0 Å². The van der Waals surface area contributed by atoms with Crippen LogP contribution >= 0.6 is 0 Å². The topological polar surface area (TPSA) is 148 Å². The fourth-order valence-electron chi connectivity index (χ4n) is 5.04. The molecule has 3 amide bonds. The number of pyridine rings is 1. The Balaban J connectivity index is 1.93. The average molecular weight is 627 g/mol. The number of likely N-dealkylation sites (N-methyl/N-ethyl adjacent to an activating group) is 1. The minimum absolute atomic E-state index is 0.0000435. The van der Waals surface area contributed by atoms with Crippen LogP contribution in [0, 0.1) is 11.2 Å². The maximum atomic E-state index is 14.5. The van der Waals surface area contributed by atoms with Crippen LogP contribution in [-0.2, 0) is 34.3 Å². The van der Waals surface area contributed by atoms with Gasteiger partial charge in [0.2, 0.25) is 5.91 Å². The molecular weight excluding hydrogens is 583 g/mol. The van der Waals surface area contributed by atoms with Crippen LogP contribution in [0.2, 0.25) is 0 Å². The number of hydrogen-bond donors (Lipinski definition) is 3. The van der Waals surface area contributed by atoms with Crippen molar-refractivity contribution in [3.05, 3.63) is 70.2 Å². The van der Waals surface area contributed by atoms with Crippen LogP contribution in [-0.4, -0.2) is 75.4 Å². The molecule has 3 N–H and O–H groups in total. The Morgan fingerprint density at radius 1 is 1.18 bits per heavy atom. The van der Waals surface area contributed by atoms with Gasteiger partial charge in [0.1, 0.15) is 22.9 Å². The number of imidazole rings is 1. The second kappa shape index (κ2) is 14.5. The number of aryl methyl sites for hydroxylation is 1. The monoisotopic (exact) mass is 626 g/mol. The summed E-state index contributed by atoms with van der Waals surface area (Å²) >= 11 is 0. The first kappa shape index (κ1) is 35.0. The second-order valence-electron chi connectivity index (χ2n) is 12.5. The molecule has 0 saturated carbocycles. The van der Waals surface area contributed by atoms with Crippen molar-refractivity contribution in [3.8, 4) is 0 Å². The number of carbonyl (C=O) groups is 3. The molecule has 244 valence electrons. The van der Waals surface area contributed by atoms with Gasteiger partial charge >= 0.3 is 6.09 Å². The van der Waals surface area contributed by atoms with Crippen LogP contribution in [0.1, 0.15) is 51.4 Å². The molecule has 13 heteroatoms. The van der Waals surface area contributed by atoms with Gasteiger partial charge in [0.15, 0.2) is 0 Å². The maximum Gasteiger partial charge on any atom is 0.405 e. The van der Waals surface area contributed by atoms with Crippen molar-refractivity contribution in [1.82, 2.24) is 24.3 Å². The Bertz CT molecular complexity index is 1640. The molecule has 0 aliphatic heterocycles. The Labute approximate surface area is 261 Å². The number of rotatable bonds is 13. The second-order valence-corrected chi connectivity index (χ2v) is 12.5. The number of allylic oxidation sites excluding steroid dienone is 1. The Hall–Kier alpha value is -4.52. The van der Waals surface area contributed by atoms with Crippen LogP contribution in [0.3, 0.4) is 0 Å². The molecule has 1 atom stereocenters. The minimum Gasteiger partial charge on any atom is -0.465 e. The fraction of sp³-hybridized carbons (Fsp3) is 0.469. The molecule has 0 aliphatic carbocycles. The van der Waals surface area contributed by atoms with Crippen LogP contribution in [0.25, 0.3) is 11.0 Å². The van der Waals surface area contributed by atoms with Gasteiger partial charge in [0, 0.05) is 47.5 Å². The number of hydrogen-bond acceptors (Lipinski definition) is 6. The molecule has 12 nitrogen and oxygen atoms in total. The molecule has 0 bridgehead atoms. The number of halogens is 1. The van der Waals surface area contributed by atoms with Gasteiger partial charge in [0.05, 0.1) is 17.6 Å². The lowest BCUT2D eigenvalue weighted by Crippen LogP contribution is -2.57. The summed E-state index contributed by atoms with van der Waals surface area (Å²) in [6, 6.07) is 5.92. The summed E-state index contributed by atoms with van der Waals surface area (Å²) in [6.07, 6.45) is 3.81. The number of carbonyl (C=O) groups excluding carboxylic acids is 2. The number of nitrogens with one attached hydrogen (secondary N) is 2. The van der Waals surface area contributed by atoms with E-state index in [-0.39, 0.29) is 55.2 Å². The summed E-state index contributed by atoms with van der Waals surface area (Å²) in [4.78, 5) is 57.1. The maximum absolute atomic E-state index is 14.5. The zero-order chi connectivity index (χ0) is 33.5. The molecule has 45 heavy (non-hydrogen) atoms. The van der Waals surface area contributed by atoms with Crippen LogP contribution in [0.15, 0.2) is 47.4 Å². The van der Waals surface area contributed by atoms with Gasteiger partial charge in [-0.3, -0.25) is 14.4 Å². The van der Waals surface area contributed by atoms with Crippen LogP contribution in [0.4, 0.5) is 14.9 Å². The lowest BCUT2D eigenvalue weighted by molar-refractivity contribution is -0.124. The molecule has 2 aromatic heterocycles. The Morgan fingerprint density at radius 2 is 1.89 bits per heavy atom. The molecule has 3 aromatic rings. The van der Waals surface area contributed by atoms with Gasteiger partial charge in [0.25, 0.3) is 11.5 Å². The zero-order valence-electron chi connectivity index (χ0n) is 26.9. The Kier molecular flexibility index (Phi) is 11.3. The largest absolute Gasteiger partial charge is 0.465 e. The predicted octanol–water partition coefficient (Wildman–Crippen LogP) is 3.92. The molecule has 1 unspecified atom stereocenters. The summed E-state index contributed by atoms with van der Waals surface area (Å²) in [7, 11) is 6.38. The molecule has 2 heterocycles. The van der Waals surface area contributed by atoms with Crippen molar-refractivity contribution in [2.75, 3.05) is 33.1 Å². The number of nitrogens with zero attached hydrogens (tertiary/aromatic N) is 4. The smallest absolute Gasteiger partial charge is 0.405 e. The number of aromatic nitrogens is 3. The summed E-state index contributed by atoms with van der Waals surface area (Å²) in [5.41, 5.74) is -0.330. The van der Waals surface area contributed by atoms with Crippen LogP contribution < -0.4 is 16.2 Å². The number of ether oxygens (including phenoxy) is 1. The third-order valence-electron chi connectivity index (χ3n) is 7.38. The summed E-state index contributed by atoms with van der Waals surface area (Å²) in [5.74, 6) is -0.856. The highest BCUT2D eigenvalue weighted by atomic mass is 19.1. The summed E-state index contributed by atoms with van der Waals surface area (Å²) in [6.45, 7) is 6.28. The molecule has 0 fully saturated rings. The normalized spacial score (nSPS) is 13.2. The van der Waals surface area contributed by atoms with E-state index in [9.17, 15) is 28.7 Å². The van der Waals surface area contributed by atoms with Gasteiger partial charge < -0.3 is 34.5 Å². The highest BCUT2D eigenvalue weighted by molar-refractivity contribution is 5.99. The highest BCUT2D eigenvalue weighted by Gasteiger charge is 2.39. The molecule has 0 aliphatic rings. The van der Waals surface area contributed by atoms with Crippen molar-refractivity contribution in [2.24, 2.45) is 12.5 Å². The van der Waals surface area contributed by atoms with Gasteiger partial charge in [-0.25, -0.2) is 14.2 Å². The zero-order valence-corrected chi connectivity index (χ0v) is 26.9. The molecule has 1 aromatic carbocycles. The van der Waals surface area contributed by atoms with E-state index in [0.717, 1.165) is 5.56 Å². The van der Waals surface area contributed by atoms with Crippen LogP contribution in [0.5, 0.6) is 0 Å². The van der Waals surface area contributed by atoms with Gasteiger partial charge in [-0.15, -0.1) is 0 Å². The van der Waals surface area contributed by atoms with Crippen molar-refractivity contribution >= 4 is 34.6 Å². The Morgan fingerprint density at radius 3 is 2.51 bits per heavy atom. The summed E-state index contributed by atoms with van der Waals surface area (Å²) in [5, 5.41) is 14.6. The number of methoxy groups -OCH3 is 1. The first-order valence-electron chi connectivity index (χ1n) is 14.6. The van der Waals surface area contributed by atoms with E-state index in [1.165, 1.54) is 40.9 Å². The number of anilines is 1. The molecule has 3 rings (SSSR count). The minimum atomic E-state index is -1.66. The lowest BCUT2D eigenvalue weighted by atomic mass is 9.87. The van der Waals surface area contributed by atoms with E-state index < -0.39 is 23.1 Å². The van der Waals surface area contributed by atoms with E-state index in [4.69, 9.17) is 9.72 Å². The standard InChI is InChI=1S/C32H43FN6O6/c1-31(2,3)19-21-17-22(33)18-24-27(21)35-25(38(24)6)20-39-15-10-11-23(28(39)41)34-29(42)32(14-16-45-7,36-30(43)44)13-9-8-12-26(40)37(4)5/h8,10-12,15,17-18,36H,9,13-14,16,19-20H2,1-7H3,(H,34,42)(H,43,44). The van der Waals surface area contributed by atoms with E-state index >= 15 is 0 Å². The van der Waals surface area contributed by atoms with Gasteiger partial charge in [-0.1, -0.05) is 26.8 Å². The predicted molar refractivity (Wildman–Crippen MR) is 170 cm³/mol. The molecule has 0 spiro atoms. The molecule has 0 radical (unpaired) electrons. The first-order chi connectivity index (χ1) is 21.1. The van der Waals surface area contributed by atoms with Crippen molar-refractivity contribution in [2.45, 2.75) is 58.5 Å². The third-order valence-corrected chi connectivity index (χ3v) is 7.38. The number of carboxylic acid groups (broad SMARTS) is 1. The van der Waals surface area contributed by atoms with Gasteiger partial charge in [-0.2, -0.15) is 0 Å². The van der Waals surface area contributed by atoms with E-state index in [1.807, 2.05) is 0 Å². The highest BCUT2D eigenvalue weighted by Crippen LogP contribution is 2.28. The summed E-state index contributed by atoms with van der Waals surface area (Å²) < 4.78 is 22.8. The van der Waals surface area contributed by atoms with Crippen molar-refractivity contribution < 1.29 is 28.6 Å². The van der Waals surface area contributed by atoms with Crippen molar-refractivity contribution in [1.29, 1.82) is 0 Å². The number of benzene rings is 1. The van der Waals surface area contributed by atoms with E-state index in [0.29, 0.717) is 23.3 Å². The number of amides is 3.